The van der Waals surface area contributed by atoms with Gasteiger partial charge in [0.15, 0.2) is 10.8 Å². The highest BCUT2D eigenvalue weighted by Crippen LogP contribution is 2.31. The smallest absolute Gasteiger partial charge is 0.379 e. The van der Waals surface area contributed by atoms with Crippen molar-refractivity contribution in [2.24, 2.45) is 0 Å². The van der Waals surface area contributed by atoms with Gasteiger partial charge in [-0.15, -0.1) is 0 Å². The molecule has 6 nitrogen and oxygen atoms in total. The summed E-state index contributed by atoms with van der Waals surface area (Å²) in [6, 6.07) is 0. The number of nitrogens with one attached hydrogen (secondary N) is 1. The molecule has 2 aromatic heterocycles. The van der Waals surface area contributed by atoms with Crippen LogP contribution >= 0.6 is 11.3 Å². The number of hydrogen-bond donors (Lipinski definition) is 1. The highest BCUT2D eigenvalue weighted by molar-refractivity contribution is 7.15. The molecule has 0 bridgehead atoms. The van der Waals surface area contributed by atoms with Crippen LogP contribution in [0.5, 0.6) is 0 Å². The molecule has 120 valence electrons. The highest BCUT2D eigenvalue weighted by Gasteiger charge is 2.39. The summed E-state index contributed by atoms with van der Waals surface area (Å²) in [5.41, 5.74) is -1.74. The molecule has 1 N–H and O–H groups in total. The van der Waals surface area contributed by atoms with Gasteiger partial charge in [-0.2, -0.15) is 18.3 Å². The van der Waals surface area contributed by atoms with Crippen LogP contribution in [0.4, 0.5) is 18.3 Å². The summed E-state index contributed by atoms with van der Waals surface area (Å²) in [5, 5.41) is 5.94. The lowest BCUT2D eigenvalue weighted by Crippen LogP contribution is -2.17. The molecule has 2 heterocycles. The Kier molecular flexibility index (Phi) is 4.81. The Balaban J connectivity index is 2.23. The predicted molar refractivity (Wildman–Crippen MR) is 73.7 cm³/mol. The topological polar surface area (TPSA) is 69.0 Å². The highest BCUT2D eigenvalue weighted by atomic mass is 32.1. The minimum Gasteiger partial charge on any atom is -0.379 e. The summed E-state index contributed by atoms with van der Waals surface area (Å²) >= 11 is 1.13. The maximum atomic E-state index is 12.9. The van der Waals surface area contributed by atoms with Crippen LogP contribution in [0, 0.1) is 0 Å². The Bertz CT molecular complexity index is 666. The van der Waals surface area contributed by atoms with E-state index in [-0.39, 0.29) is 11.7 Å². The molecule has 0 aliphatic heterocycles. The number of hydrogen-bond acceptors (Lipinski definition) is 5. The number of rotatable bonds is 5. The molecule has 1 amide bonds. The van der Waals surface area contributed by atoms with Gasteiger partial charge in [-0.1, -0.05) is 11.3 Å². The lowest BCUT2D eigenvalue weighted by atomic mass is 10.2. The van der Waals surface area contributed by atoms with Crippen molar-refractivity contribution in [3.63, 3.8) is 0 Å². The van der Waals surface area contributed by atoms with E-state index < -0.39 is 23.3 Å². The quantitative estimate of drug-likeness (QED) is 0.913. The van der Waals surface area contributed by atoms with E-state index in [1.807, 2.05) is 0 Å². The second-order valence-corrected chi connectivity index (χ2v) is 5.38. The van der Waals surface area contributed by atoms with Crippen molar-refractivity contribution >= 4 is 22.4 Å². The van der Waals surface area contributed by atoms with Gasteiger partial charge in [-0.05, 0) is 6.92 Å². The molecule has 0 saturated heterocycles. The molecule has 22 heavy (non-hydrogen) atoms. The Morgan fingerprint density at radius 3 is 2.82 bits per heavy atom. The van der Waals surface area contributed by atoms with Crippen LogP contribution in [0.1, 0.15) is 27.9 Å². The fourth-order valence-corrected chi connectivity index (χ4v) is 2.48. The number of anilines is 1. The lowest BCUT2D eigenvalue weighted by molar-refractivity contribution is -0.141. The second kappa shape index (κ2) is 6.44. The third kappa shape index (κ3) is 3.63. The van der Waals surface area contributed by atoms with E-state index in [0.717, 1.165) is 27.1 Å². The van der Waals surface area contributed by atoms with Crippen LogP contribution in [0.3, 0.4) is 0 Å². The monoisotopic (exact) mass is 334 g/mol. The van der Waals surface area contributed by atoms with E-state index in [1.165, 1.54) is 13.3 Å². The maximum absolute atomic E-state index is 12.9. The summed E-state index contributed by atoms with van der Waals surface area (Å²) in [6.45, 7) is 2.17. The van der Waals surface area contributed by atoms with Gasteiger partial charge in [0.25, 0.3) is 5.91 Å². The van der Waals surface area contributed by atoms with E-state index >= 15 is 0 Å². The molecule has 0 unspecified atom stereocenters. The molecule has 2 aromatic rings. The minimum atomic E-state index is -4.70. The van der Waals surface area contributed by atoms with E-state index in [0.29, 0.717) is 6.61 Å². The van der Waals surface area contributed by atoms with Gasteiger partial charge in [0, 0.05) is 26.0 Å². The number of ether oxygens (including phenoxy) is 1. The molecule has 2 rings (SSSR count). The second-order valence-electron chi connectivity index (χ2n) is 4.26. The normalized spacial score (nSPS) is 11.7. The number of halogens is 3. The molecular formula is C12H13F3N4O2S. The summed E-state index contributed by atoms with van der Waals surface area (Å²) < 4.78 is 44.7. The number of alkyl halides is 3. The number of thiazole rings is 1. The van der Waals surface area contributed by atoms with Crippen molar-refractivity contribution in [3.8, 4) is 0 Å². The minimum absolute atomic E-state index is 0.203. The molecule has 0 radical (unpaired) electrons. The molecule has 0 fully saturated rings. The molecule has 0 spiro atoms. The number of aromatic nitrogens is 3. The summed E-state index contributed by atoms with van der Waals surface area (Å²) in [4.78, 5) is 16.7. The third-order valence-corrected chi connectivity index (χ3v) is 3.55. The van der Waals surface area contributed by atoms with Crippen molar-refractivity contribution in [3.05, 3.63) is 28.5 Å². The molecule has 0 aromatic carbocycles. The van der Waals surface area contributed by atoms with Gasteiger partial charge in [0.05, 0.1) is 17.0 Å². The van der Waals surface area contributed by atoms with E-state index in [9.17, 15) is 18.0 Å². The van der Waals surface area contributed by atoms with Gasteiger partial charge in [-0.25, -0.2) is 4.98 Å². The number of aryl methyl sites for hydroxylation is 1. The van der Waals surface area contributed by atoms with E-state index in [4.69, 9.17) is 4.74 Å². The predicted octanol–water partition coefficient (Wildman–Crippen LogP) is 2.78. The van der Waals surface area contributed by atoms with Crippen LogP contribution in [-0.2, 0) is 24.1 Å². The first-order valence-corrected chi connectivity index (χ1v) is 7.06. The van der Waals surface area contributed by atoms with Crippen LogP contribution in [0.15, 0.2) is 12.4 Å². The van der Waals surface area contributed by atoms with Gasteiger partial charge >= 0.3 is 6.18 Å². The largest absolute Gasteiger partial charge is 0.435 e. The Hall–Kier alpha value is -1.94. The van der Waals surface area contributed by atoms with Crippen molar-refractivity contribution < 1.29 is 22.7 Å². The zero-order valence-electron chi connectivity index (χ0n) is 11.8. The molecule has 0 aliphatic carbocycles. The van der Waals surface area contributed by atoms with Crippen molar-refractivity contribution in [1.82, 2.24) is 14.8 Å². The average molecular weight is 334 g/mol. The number of carbonyl (C=O) groups is 1. The van der Waals surface area contributed by atoms with Gasteiger partial charge < -0.3 is 4.74 Å². The molecule has 0 atom stereocenters. The third-order valence-electron chi connectivity index (χ3n) is 2.66. The first kappa shape index (κ1) is 16.4. The Morgan fingerprint density at radius 1 is 1.50 bits per heavy atom. The molecule has 10 heteroatoms. The fraction of sp³-hybridized carbons (Fsp3) is 0.417. The zero-order valence-corrected chi connectivity index (χ0v) is 12.6. The van der Waals surface area contributed by atoms with E-state index in [2.05, 4.69) is 15.4 Å². The number of methoxy groups -OCH3 is 1. The first-order valence-electron chi connectivity index (χ1n) is 6.24. The first-order chi connectivity index (χ1) is 10.3. The Morgan fingerprint density at radius 2 is 2.23 bits per heavy atom. The number of carbonyl (C=O) groups excluding carboxylic acids is 1. The van der Waals surface area contributed by atoms with Gasteiger partial charge in [0.1, 0.15) is 0 Å². The standard InChI is InChI=1S/C12H13F3N4O2S/c1-3-19-5-8(9(18-19)12(13,14)15)10(20)17-11-16-4-7(22-11)6-21-2/h4-5H,3,6H2,1-2H3,(H,16,17,20). The summed E-state index contributed by atoms with van der Waals surface area (Å²) in [6.07, 6.45) is -2.14. The molecule has 0 saturated carbocycles. The van der Waals surface area contributed by atoms with Crippen LogP contribution in [0.25, 0.3) is 0 Å². The molecular weight excluding hydrogens is 321 g/mol. The zero-order chi connectivity index (χ0) is 16.3. The molecule has 0 aliphatic rings. The Labute approximate surface area is 127 Å². The number of amides is 1. The van der Waals surface area contributed by atoms with Crippen molar-refractivity contribution in [2.75, 3.05) is 12.4 Å². The van der Waals surface area contributed by atoms with Crippen LogP contribution < -0.4 is 5.32 Å². The van der Waals surface area contributed by atoms with Gasteiger partial charge in [-0.3, -0.25) is 14.8 Å². The maximum Gasteiger partial charge on any atom is 0.435 e. The van der Waals surface area contributed by atoms with Crippen LogP contribution in [-0.4, -0.2) is 27.8 Å². The summed E-state index contributed by atoms with van der Waals surface area (Å²) in [5.74, 6) is -0.898. The summed E-state index contributed by atoms with van der Waals surface area (Å²) in [7, 11) is 1.51. The van der Waals surface area contributed by atoms with Crippen molar-refractivity contribution in [1.29, 1.82) is 0 Å². The van der Waals surface area contributed by atoms with Gasteiger partial charge in [0.2, 0.25) is 0 Å². The van der Waals surface area contributed by atoms with E-state index in [1.54, 1.807) is 6.92 Å². The van der Waals surface area contributed by atoms with Crippen molar-refractivity contribution in [2.45, 2.75) is 26.3 Å². The average Bonchev–Trinajstić information content (AvgIpc) is 3.05. The van der Waals surface area contributed by atoms with Crippen LogP contribution in [0.2, 0.25) is 0 Å². The number of nitrogens with zero attached hydrogens (tertiary/aromatic N) is 3. The lowest BCUT2D eigenvalue weighted by Gasteiger charge is -2.05. The fourth-order valence-electron chi connectivity index (χ4n) is 1.70. The SMILES string of the molecule is CCn1cc(C(=O)Nc2ncc(COC)s2)c(C(F)(F)F)n1.